The second-order valence-corrected chi connectivity index (χ2v) is 4.76. The van der Waals surface area contributed by atoms with E-state index in [1.165, 1.54) is 0 Å². The van der Waals surface area contributed by atoms with Crippen molar-refractivity contribution < 1.29 is 31.5 Å². The number of esters is 1. The zero-order valence-electron chi connectivity index (χ0n) is 12.0. The number of hydrogen-bond donors (Lipinski definition) is 1. The largest absolute Gasteiger partial charge is 0.456 e. The maximum atomic E-state index is 13.1. The normalized spacial score (nSPS) is 11.2. The highest BCUT2D eigenvalue weighted by Gasteiger charge is 2.30. The molecular formula is C16H10F5NO2. The summed E-state index contributed by atoms with van der Waals surface area (Å²) in [5.74, 6) is -3.16. The van der Waals surface area contributed by atoms with Gasteiger partial charge in [0.15, 0.2) is 11.6 Å². The molecule has 3 nitrogen and oxygen atoms in total. The summed E-state index contributed by atoms with van der Waals surface area (Å²) in [7, 11) is 0. The summed E-state index contributed by atoms with van der Waals surface area (Å²) in [6.45, 7) is -0.537. The van der Waals surface area contributed by atoms with Gasteiger partial charge in [0.25, 0.3) is 0 Å². The summed E-state index contributed by atoms with van der Waals surface area (Å²) in [4.78, 5) is 11.7. The van der Waals surface area contributed by atoms with E-state index in [4.69, 9.17) is 10.1 Å². The molecule has 0 bridgehead atoms. The first-order valence-corrected chi connectivity index (χ1v) is 6.55. The number of alkyl halides is 3. The molecule has 0 fully saturated rings. The van der Waals surface area contributed by atoms with Crippen molar-refractivity contribution in [2.75, 3.05) is 6.61 Å². The molecule has 0 spiro atoms. The predicted molar refractivity (Wildman–Crippen MR) is 74.9 cm³/mol. The lowest BCUT2D eigenvalue weighted by molar-refractivity contribution is -0.137. The van der Waals surface area contributed by atoms with Gasteiger partial charge in [-0.15, -0.1) is 0 Å². The summed E-state index contributed by atoms with van der Waals surface area (Å²) in [6.07, 6.45) is -4.52. The number of nitrogens with one attached hydrogen (secondary N) is 1. The van der Waals surface area contributed by atoms with Gasteiger partial charge in [-0.05, 0) is 42.5 Å². The molecule has 2 aromatic rings. The van der Waals surface area contributed by atoms with Crippen LogP contribution in [0.2, 0.25) is 0 Å². The van der Waals surface area contributed by atoms with E-state index in [-0.39, 0.29) is 16.8 Å². The number of hydrogen-bond acceptors (Lipinski definition) is 3. The van der Waals surface area contributed by atoms with E-state index in [1.54, 1.807) is 0 Å². The summed E-state index contributed by atoms with van der Waals surface area (Å²) < 4.78 is 67.9. The Bertz CT molecular complexity index is 769. The Kier molecular flexibility index (Phi) is 4.96. The lowest BCUT2D eigenvalue weighted by atomic mass is 10.1. The maximum Gasteiger partial charge on any atom is 0.416 e. The van der Waals surface area contributed by atoms with Crippen molar-refractivity contribution in [1.29, 1.82) is 5.41 Å². The van der Waals surface area contributed by atoms with Crippen LogP contribution in [0.5, 0.6) is 0 Å². The Morgan fingerprint density at radius 2 is 1.54 bits per heavy atom. The first-order valence-electron chi connectivity index (χ1n) is 6.55. The smallest absolute Gasteiger partial charge is 0.416 e. The van der Waals surface area contributed by atoms with Crippen LogP contribution in [0.4, 0.5) is 22.0 Å². The summed E-state index contributed by atoms with van der Waals surface area (Å²) >= 11 is 0. The predicted octanol–water partition coefficient (Wildman–Crippen LogP) is 4.21. The highest BCUT2D eigenvalue weighted by molar-refractivity contribution is 6.01. The molecule has 2 aromatic carbocycles. The van der Waals surface area contributed by atoms with Crippen LogP contribution in [0, 0.1) is 17.0 Å². The molecule has 0 aromatic heterocycles. The van der Waals surface area contributed by atoms with Crippen molar-refractivity contribution in [2.45, 2.75) is 6.18 Å². The number of ether oxygens (including phenoxy) is 1. The van der Waals surface area contributed by atoms with Crippen LogP contribution in [0.25, 0.3) is 0 Å². The molecule has 24 heavy (non-hydrogen) atoms. The van der Waals surface area contributed by atoms with E-state index >= 15 is 0 Å². The summed E-state index contributed by atoms with van der Waals surface area (Å²) in [6, 6.07) is 6.13. The van der Waals surface area contributed by atoms with Gasteiger partial charge in [0.2, 0.25) is 0 Å². The first-order chi connectivity index (χ1) is 11.2. The van der Waals surface area contributed by atoms with Gasteiger partial charge in [0, 0.05) is 5.56 Å². The van der Waals surface area contributed by atoms with Crippen LogP contribution in [-0.2, 0) is 10.9 Å². The Morgan fingerprint density at radius 3 is 2.08 bits per heavy atom. The SMILES string of the molecule is N=C(COC(=O)c1ccc(C(F)(F)F)cc1)c1ccc(F)c(F)c1. The molecule has 1 N–H and O–H groups in total. The van der Waals surface area contributed by atoms with Gasteiger partial charge in [-0.2, -0.15) is 13.2 Å². The van der Waals surface area contributed by atoms with E-state index in [0.717, 1.165) is 42.5 Å². The van der Waals surface area contributed by atoms with Gasteiger partial charge in [0.05, 0.1) is 16.8 Å². The standard InChI is InChI=1S/C16H10F5NO2/c17-12-6-3-10(7-13(12)18)14(22)8-24-15(23)9-1-4-11(5-2-9)16(19,20)21/h1-7,22H,8H2. The van der Waals surface area contributed by atoms with Crippen LogP contribution in [0.1, 0.15) is 21.5 Å². The summed E-state index contributed by atoms with van der Waals surface area (Å²) in [5.41, 5.74) is -1.29. The van der Waals surface area contributed by atoms with Gasteiger partial charge >= 0.3 is 12.1 Å². The molecule has 0 heterocycles. The minimum Gasteiger partial charge on any atom is -0.456 e. The Morgan fingerprint density at radius 1 is 0.958 bits per heavy atom. The van der Waals surface area contributed by atoms with Crippen molar-refractivity contribution in [3.63, 3.8) is 0 Å². The number of carbonyl (C=O) groups excluding carboxylic acids is 1. The molecule has 0 atom stereocenters. The second-order valence-electron chi connectivity index (χ2n) is 4.76. The average Bonchev–Trinajstić information content (AvgIpc) is 2.54. The van der Waals surface area contributed by atoms with Gasteiger partial charge in [-0.25, -0.2) is 13.6 Å². The fourth-order valence-electron chi connectivity index (χ4n) is 1.78. The molecule has 0 aliphatic heterocycles. The Hall–Kier alpha value is -2.77. The fraction of sp³-hybridized carbons (Fsp3) is 0.125. The fourth-order valence-corrected chi connectivity index (χ4v) is 1.78. The molecule has 126 valence electrons. The topological polar surface area (TPSA) is 50.1 Å². The molecule has 0 saturated carbocycles. The van der Waals surface area contributed by atoms with Gasteiger partial charge < -0.3 is 10.1 Å². The lowest BCUT2D eigenvalue weighted by Gasteiger charge is -2.09. The third-order valence-electron chi connectivity index (χ3n) is 3.06. The van der Waals surface area contributed by atoms with Gasteiger partial charge in [-0.3, -0.25) is 0 Å². The monoisotopic (exact) mass is 343 g/mol. The number of halogens is 5. The van der Waals surface area contributed by atoms with Gasteiger partial charge in [-0.1, -0.05) is 0 Å². The molecule has 0 saturated heterocycles. The van der Waals surface area contributed by atoms with Gasteiger partial charge in [0.1, 0.15) is 6.61 Å². The van der Waals surface area contributed by atoms with Crippen LogP contribution in [0.3, 0.4) is 0 Å². The minimum atomic E-state index is -4.52. The highest BCUT2D eigenvalue weighted by Crippen LogP contribution is 2.29. The minimum absolute atomic E-state index is 0.0223. The second kappa shape index (κ2) is 6.77. The number of rotatable bonds is 4. The molecule has 8 heteroatoms. The number of carbonyl (C=O) groups is 1. The molecule has 0 aliphatic carbocycles. The number of benzene rings is 2. The maximum absolute atomic E-state index is 13.1. The zero-order chi connectivity index (χ0) is 17.9. The molecule has 0 amide bonds. The van der Waals surface area contributed by atoms with Crippen LogP contribution in [-0.4, -0.2) is 18.3 Å². The quantitative estimate of drug-likeness (QED) is 0.514. The molecule has 0 unspecified atom stereocenters. The van der Waals surface area contributed by atoms with Crippen LogP contribution in [0.15, 0.2) is 42.5 Å². The van der Waals surface area contributed by atoms with Crippen molar-refractivity contribution in [2.24, 2.45) is 0 Å². The third-order valence-corrected chi connectivity index (χ3v) is 3.06. The van der Waals surface area contributed by atoms with Crippen LogP contribution >= 0.6 is 0 Å². The van der Waals surface area contributed by atoms with Crippen molar-refractivity contribution in [1.82, 2.24) is 0 Å². The molecule has 0 radical (unpaired) electrons. The van der Waals surface area contributed by atoms with Crippen molar-refractivity contribution in [3.05, 3.63) is 70.8 Å². The molecule has 2 rings (SSSR count). The Balaban J connectivity index is 1.99. The Labute approximate surface area is 133 Å². The van der Waals surface area contributed by atoms with E-state index in [9.17, 15) is 26.7 Å². The van der Waals surface area contributed by atoms with Crippen molar-refractivity contribution >= 4 is 11.7 Å². The molecule has 0 aliphatic rings. The average molecular weight is 343 g/mol. The third kappa shape index (κ3) is 4.15. The van der Waals surface area contributed by atoms with Crippen molar-refractivity contribution in [3.8, 4) is 0 Å². The van der Waals surface area contributed by atoms with E-state index < -0.39 is 36.0 Å². The summed E-state index contributed by atoms with van der Waals surface area (Å²) in [5, 5.41) is 7.65. The van der Waals surface area contributed by atoms with E-state index in [0.29, 0.717) is 0 Å². The van der Waals surface area contributed by atoms with Crippen LogP contribution < -0.4 is 0 Å². The van der Waals surface area contributed by atoms with E-state index in [2.05, 4.69) is 0 Å². The zero-order valence-corrected chi connectivity index (χ0v) is 12.0. The first kappa shape index (κ1) is 17.6. The lowest BCUT2D eigenvalue weighted by Crippen LogP contribution is -2.15. The van der Waals surface area contributed by atoms with E-state index in [1.807, 2.05) is 0 Å². The molecular weight excluding hydrogens is 333 g/mol. The highest BCUT2D eigenvalue weighted by atomic mass is 19.4.